The predicted molar refractivity (Wildman–Crippen MR) is 70.5 cm³/mol. The molecule has 2 aromatic rings. The van der Waals surface area contributed by atoms with Crippen molar-refractivity contribution in [3.63, 3.8) is 0 Å². The minimum Gasteiger partial charge on any atom is -0.354 e. The fraction of sp³-hybridized carbons (Fsp3) is 0.417. The van der Waals surface area contributed by atoms with Gasteiger partial charge in [0.15, 0.2) is 0 Å². The Morgan fingerprint density at radius 1 is 1.61 bits per heavy atom. The van der Waals surface area contributed by atoms with Crippen LogP contribution in [-0.2, 0) is 11.2 Å². The highest BCUT2D eigenvalue weighted by atomic mass is 32.1. The molecule has 1 atom stereocenters. The van der Waals surface area contributed by atoms with Gasteiger partial charge in [0.25, 0.3) is 0 Å². The van der Waals surface area contributed by atoms with Crippen LogP contribution in [0, 0.1) is 6.92 Å². The summed E-state index contributed by atoms with van der Waals surface area (Å²) in [6.45, 7) is 4.41. The Kier molecular flexibility index (Phi) is 4.09. The topological polar surface area (TPSA) is 59.8 Å². The van der Waals surface area contributed by atoms with Crippen molar-refractivity contribution >= 4 is 17.2 Å². The van der Waals surface area contributed by atoms with Crippen LogP contribution in [0.4, 0.5) is 0 Å². The quantitative estimate of drug-likeness (QED) is 0.891. The normalized spacial score (nSPS) is 12.3. The molecule has 0 saturated carbocycles. The highest BCUT2D eigenvalue weighted by Crippen LogP contribution is 2.09. The van der Waals surface area contributed by atoms with Crippen molar-refractivity contribution < 1.29 is 4.79 Å². The van der Waals surface area contributed by atoms with E-state index >= 15 is 0 Å². The number of nitrogens with zero attached hydrogens (tertiary/aromatic N) is 3. The number of rotatable bonds is 5. The van der Waals surface area contributed by atoms with Crippen molar-refractivity contribution in [3.05, 3.63) is 34.5 Å². The summed E-state index contributed by atoms with van der Waals surface area (Å²) in [5.74, 6) is -0.0213. The zero-order valence-corrected chi connectivity index (χ0v) is 11.3. The first kappa shape index (κ1) is 12.8. The molecule has 2 aromatic heterocycles. The molecular formula is C12H16N4OS. The van der Waals surface area contributed by atoms with E-state index in [1.165, 1.54) is 0 Å². The first-order chi connectivity index (χ1) is 8.66. The number of amides is 1. The largest absolute Gasteiger partial charge is 0.354 e. The third-order valence-electron chi connectivity index (χ3n) is 2.61. The molecule has 0 aliphatic carbocycles. The Morgan fingerprint density at radius 2 is 2.44 bits per heavy atom. The van der Waals surface area contributed by atoms with E-state index < -0.39 is 0 Å². The summed E-state index contributed by atoms with van der Waals surface area (Å²) in [6, 6.07) is 1.53. The maximum Gasteiger partial charge on any atom is 0.244 e. The molecule has 0 fully saturated rings. The zero-order chi connectivity index (χ0) is 13.0. The lowest BCUT2D eigenvalue weighted by Crippen LogP contribution is -2.32. The van der Waals surface area contributed by atoms with Gasteiger partial charge in [-0.3, -0.25) is 9.48 Å². The Bertz CT molecular complexity index is 506. The molecule has 18 heavy (non-hydrogen) atoms. The number of thiazole rings is 1. The molecule has 96 valence electrons. The predicted octanol–water partition coefficient (Wildman–Crippen LogP) is 1.57. The second kappa shape index (κ2) is 5.77. The molecule has 1 N–H and O–H groups in total. The van der Waals surface area contributed by atoms with E-state index in [9.17, 15) is 4.79 Å². The van der Waals surface area contributed by atoms with Crippen LogP contribution in [0.15, 0.2) is 23.8 Å². The Labute approximate surface area is 110 Å². The van der Waals surface area contributed by atoms with Gasteiger partial charge in [0.2, 0.25) is 5.91 Å². The minimum absolute atomic E-state index is 0.0213. The molecule has 6 heteroatoms. The van der Waals surface area contributed by atoms with Gasteiger partial charge >= 0.3 is 0 Å². The molecule has 0 bridgehead atoms. The smallest absolute Gasteiger partial charge is 0.244 e. The van der Waals surface area contributed by atoms with Gasteiger partial charge < -0.3 is 5.32 Å². The van der Waals surface area contributed by atoms with Gasteiger partial charge in [-0.05, 0) is 19.9 Å². The van der Waals surface area contributed by atoms with Crippen molar-refractivity contribution in [2.24, 2.45) is 0 Å². The van der Waals surface area contributed by atoms with Gasteiger partial charge in [0, 0.05) is 36.4 Å². The van der Waals surface area contributed by atoms with E-state index in [2.05, 4.69) is 15.4 Å². The average Bonchev–Trinajstić information content (AvgIpc) is 2.99. The molecule has 1 amide bonds. The lowest BCUT2D eigenvalue weighted by molar-refractivity contribution is -0.124. The average molecular weight is 264 g/mol. The van der Waals surface area contributed by atoms with Crippen LogP contribution in [0.25, 0.3) is 0 Å². The number of carbonyl (C=O) groups excluding carboxylic acids is 1. The number of hydrogen-bond acceptors (Lipinski definition) is 4. The van der Waals surface area contributed by atoms with E-state index in [-0.39, 0.29) is 11.9 Å². The monoisotopic (exact) mass is 264 g/mol. The number of carbonyl (C=O) groups is 1. The van der Waals surface area contributed by atoms with Crippen molar-refractivity contribution in [1.29, 1.82) is 0 Å². The molecule has 2 rings (SSSR count). The summed E-state index contributed by atoms with van der Waals surface area (Å²) in [4.78, 5) is 16.2. The molecular weight excluding hydrogens is 248 g/mol. The number of hydrogen-bond donors (Lipinski definition) is 1. The third kappa shape index (κ3) is 3.16. The summed E-state index contributed by atoms with van der Waals surface area (Å²) in [5, 5.41) is 10.0. The molecule has 0 radical (unpaired) electrons. The zero-order valence-electron chi connectivity index (χ0n) is 10.5. The van der Waals surface area contributed by atoms with Gasteiger partial charge in [-0.15, -0.1) is 11.3 Å². The van der Waals surface area contributed by atoms with Crippen LogP contribution in [0.1, 0.15) is 23.7 Å². The van der Waals surface area contributed by atoms with E-state index in [1.807, 2.05) is 25.3 Å². The molecule has 0 aliphatic rings. The highest BCUT2D eigenvalue weighted by molar-refractivity contribution is 7.09. The lowest BCUT2D eigenvalue weighted by Gasteiger charge is -2.11. The van der Waals surface area contributed by atoms with Crippen LogP contribution < -0.4 is 5.32 Å². The first-order valence-electron chi connectivity index (χ1n) is 5.84. The van der Waals surface area contributed by atoms with E-state index in [0.29, 0.717) is 6.54 Å². The van der Waals surface area contributed by atoms with Gasteiger partial charge in [-0.2, -0.15) is 5.10 Å². The maximum atomic E-state index is 11.8. The number of aromatic nitrogens is 3. The molecule has 0 spiro atoms. The molecule has 0 aromatic carbocycles. The van der Waals surface area contributed by atoms with Crippen molar-refractivity contribution in [3.8, 4) is 0 Å². The van der Waals surface area contributed by atoms with Crippen LogP contribution >= 0.6 is 11.3 Å². The van der Waals surface area contributed by atoms with Crippen molar-refractivity contribution in [2.75, 3.05) is 6.54 Å². The van der Waals surface area contributed by atoms with Crippen LogP contribution in [0.5, 0.6) is 0 Å². The van der Waals surface area contributed by atoms with Gasteiger partial charge in [-0.25, -0.2) is 4.98 Å². The van der Waals surface area contributed by atoms with E-state index in [4.69, 9.17) is 0 Å². The molecule has 0 unspecified atom stereocenters. The van der Waals surface area contributed by atoms with E-state index in [1.54, 1.807) is 28.4 Å². The van der Waals surface area contributed by atoms with E-state index in [0.717, 1.165) is 17.1 Å². The summed E-state index contributed by atoms with van der Waals surface area (Å²) >= 11 is 1.63. The SMILES string of the molecule is Cc1csc(CCNC(=O)[C@H](C)n2cccn2)n1. The van der Waals surface area contributed by atoms with Crippen LogP contribution in [0.2, 0.25) is 0 Å². The Hall–Kier alpha value is -1.69. The summed E-state index contributed by atoms with van der Waals surface area (Å²) < 4.78 is 1.64. The molecule has 0 saturated heterocycles. The molecule has 5 nitrogen and oxygen atoms in total. The van der Waals surface area contributed by atoms with Crippen molar-refractivity contribution in [1.82, 2.24) is 20.1 Å². The highest BCUT2D eigenvalue weighted by Gasteiger charge is 2.14. The van der Waals surface area contributed by atoms with Gasteiger partial charge in [0.1, 0.15) is 6.04 Å². The number of nitrogens with one attached hydrogen (secondary N) is 1. The minimum atomic E-state index is -0.280. The fourth-order valence-corrected chi connectivity index (χ4v) is 2.36. The van der Waals surface area contributed by atoms with Crippen molar-refractivity contribution in [2.45, 2.75) is 26.3 Å². The second-order valence-corrected chi connectivity index (χ2v) is 5.03. The van der Waals surface area contributed by atoms with Gasteiger partial charge in [-0.1, -0.05) is 0 Å². The lowest BCUT2D eigenvalue weighted by atomic mass is 10.3. The van der Waals surface area contributed by atoms with Crippen LogP contribution in [0.3, 0.4) is 0 Å². The first-order valence-corrected chi connectivity index (χ1v) is 6.72. The summed E-state index contributed by atoms with van der Waals surface area (Å²) in [6.07, 6.45) is 4.23. The Morgan fingerprint density at radius 3 is 3.06 bits per heavy atom. The Balaban J connectivity index is 1.78. The summed E-state index contributed by atoms with van der Waals surface area (Å²) in [5.41, 5.74) is 1.03. The number of aryl methyl sites for hydroxylation is 1. The fourth-order valence-electron chi connectivity index (χ4n) is 1.59. The molecule has 0 aliphatic heterocycles. The molecule has 2 heterocycles. The second-order valence-electron chi connectivity index (χ2n) is 4.09. The maximum absolute atomic E-state index is 11.8. The standard InChI is InChI=1S/C12H16N4OS/c1-9-8-18-11(15-9)4-6-13-12(17)10(2)16-7-3-5-14-16/h3,5,7-8,10H,4,6H2,1-2H3,(H,13,17)/t10-/m0/s1. The summed E-state index contributed by atoms with van der Waals surface area (Å²) in [7, 11) is 0. The van der Waals surface area contributed by atoms with Gasteiger partial charge in [0.05, 0.1) is 5.01 Å². The van der Waals surface area contributed by atoms with Crippen LogP contribution in [-0.4, -0.2) is 27.2 Å². The third-order valence-corrected chi connectivity index (χ3v) is 3.63.